The molecule has 0 aliphatic carbocycles. The van der Waals surface area contributed by atoms with Gasteiger partial charge >= 0.3 is 0 Å². The van der Waals surface area contributed by atoms with E-state index in [0.29, 0.717) is 13.2 Å². The molecule has 0 radical (unpaired) electrons. The van der Waals surface area contributed by atoms with E-state index in [1.807, 2.05) is 24.3 Å². The highest BCUT2D eigenvalue weighted by Crippen LogP contribution is 2.28. The largest absolute Gasteiger partial charge is 0.367 e. The van der Waals surface area contributed by atoms with Crippen molar-refractivity contribution in [1.82, 2.24) is 0 Å². The molecule has 4 heteroatoms. The third kappa shape index (κ3) is 4.27. The van der Waals surface area contributed by atoms with Gasteiger partial charge in [0.05, 0.1) is 13.2 Å². The number of rotatable bonds is 6. The molecule has 0 aliphatic rings. The summed E-state index contributed by atoms with van der Waals surface area (Å²) in [7, 11) is 0. The van der Waals surface area contributed by atoms with Gasteiger partial charge in [0.25, 0.3) is 0 Å². The summed E-state index contributed by atoms with van der Waals surface area (Å²) in [5.41, 5.74) is 2.25. The lowest BCUT2D eigenvalue weighted by Gasteiger charge is -2.19. The van der Waals surface area contributed by atoms with E-state index in [4.69, 9.17) is 4.74 Å². The average Bonchev–Trinajstić information content (AvgIpc) is 2.46. The second kappa shape index (κ2) is 7.72. The summed E-state index contributed by atoms with van der Waals surface area (Å²) in [6.45, 7) is 4.64. The highest BCUT2D eigenvalue weighted by molar-refractivity contribution is 9.10. The van der Waals surface area contributed by atoms with Crippen LogP contribution in [0.2, 0.25) is 0 Å². The van der Waals surface area contributed by atoms with Crippen molar-refractivity contribution in [2.24, 2.45) is 4.99 Å². The molecule has 0 saturated carbocycles. The molecule has 0 spiro atoms. The van der Waals surface area contributed by atoms with Gasteiger partial charge in [0.1, 0.15) is 6.10 Å². The van der Waals surface area contributed by atoms with E-state index in [2.05, 4.69) is 67.8 Å². The summed E-state index contributed by atoms with van der Waals surface area (Å²) >= 11 is 6.91. The van der Waals surface area contributed by atoms with Gasteiger partial charge in [-0.3, -0.25) is 4.99 Å². The zero-order valence-electron chi connectivity index (χ0n) is 10.9. The average molecular weight is 397 g/mol. The predicted octanol–water partition coefficient (Wildman–Crippen LogP) is 5.02. The highest BCUT2D eigenvalue weighted by atomic mass is 79.9. The van der Waals surface area contributed by atoms with Crippen LogP contribution in [0, 0.1) is 0 Å². The number of hydrogen-bond donors (Lipinski definition) is 0. The number of benzene rings is 2. The van der Waals surface area contributed by atoms with Crippen LogP contribution in [0.5, 0.6) is 0 Å². The summed E-state index contributed by atoms with van der Waals surface area (Å²) in [6, 6.07) is 16.4. The summed E-state index contributed by atoms with van der Waals surface area (Å²) < 4.78 is 8.09. The van der Waals surface area contributed by atoms with Crippen LogP contribution in [-0.4, -0.2) is 19.9 Å². The van der Waals surface area contributed by atoms with Crippen LogP contribution in [0.4, 0.5) is 0 Å². The van der Waals surface area contributed by atoms with E-state index < -0.39 is 0 Å². The van der Waals surface area contributed by atoms with Crippen LogP contribution in [-0.2, 0) is 4.74 Å². The van der Waals surface area contributed by atoms with E-state index in [9.17, 15) is 0 Å². The SMILES string of the molecule is C=NCCOC(c1ccc(Br)cc1)c1ccc(Br)cc1. The molecule has 20 heavy (non-hydrogen) atoms. The maximum atomic E-state index is 5.97. The molecule has 0 atom stereocenters. The lowest BCUT2D eigenvalue weighted by atomic mass is 10.0. The first-order valence-corrected chi connectivity index (χ1v) is 7.84. The van der Waals surface area contributed by atoms with Crippen LogP contribution in [0.1, 0.15) is 17.2 Å². The number of aliphatic imine (C=N–C) groups is 1. The maximum Gasteiger partial charge on any atom is 0.108 e. The first kappa shape index (κ1) is 15.4. The fourth-order valence-corrected chi connectivity index (χ4v) is 2.42. The molecule has 104 valence electrons. The van der Waals surface area contributed by atoms with E-state index in [-0.39, 0.29) is 6.10 Å². The summed E-state index contributed by atoms with van der Waals surface area (Å²) in [6.07, 6.45) is -0.0852. The van der Waals surface area contributed by atoms with Gasteiger partial charge in [0.15, 0.2) is 0 Å². The third-order valence-electron chi connectivity index (χ3n) is 2.88. The lowest BCUT2D eigenvalue weighted by molar-refractivity contribution is 0.0868. The van der Waals surface area contributed by atoms with Gasteiger partial charge in [-0.25, -0.2) is 0 Å². The number of halogens is 2. The molecule has 0 bridgehead atoms. The predicted molar refractivity (Wildman–Crippen MR) is 90.5 cm³/mol. The second-order valence-corrected chi connectivity index (χ2v) is 6.13. The molecule has 0 aromatic heterocycles. The maximum absolute atomic E-state index is 5.97. The van der Waals surface area contributed by atoms with Crippen molar-refractivity contribution in [2.75, 3.05) is 13.2 Å². The van der Waals surface area contributed by atoms with Gasteiger partial charge in [-0.05, 0) is 42.1 Å². The van der Waals surface area contributed by atoms with Gasteiger partial charge in [0.2, 0.25) is 0 Å². The highest BCUT2D eigenvalue weighted by Gasteiger charge is 2.14. The fraction of sp³-hybridized carbons (Fsp3) is 0.188. The number of ether oxygens (including phenoxy) is 1. The molecule has 0 fully saturated rings. The molecule has 2 rings (SSSR count). The first-order valence-electron chi connectivity index (χ1n) is 6.25. The van der Waals surface area contributed by atoms with Crippen molar-refractivity contribution in [2.45, 2.75) is 6.10 Å². The molecular formula is C16H15Br2NO. The van der Waals surface area contributed by atoms with Gasteiger partial charge in [-0.15, -0.1) is 0 Å². The standard InChI is InChI=1S/C16H15Br2NO/c1-19-10-11-20-16(12-2-6-14(17)7-3-12)13-4-8-15(18)9-5-13/h2-9,16H,1,10-11H2. The quantitative estimate of drug-likeness (QED) is 0.496. The summed E-state index contributed by atoms with van der Waals surface area (Å²) in [5.74, 6) is 0. The Morgan fingerprint density at radius 1 is 0.900 bits per heavy atom. The van der Waals surface area contributed by atoms with E-state index in [0.717, 1.165) is 20.1 Å². The topological polar surface area (TPSA) is 21.6 Å². The van der Waals surface area contributed by atoms with E-state index in [1.54, 1.807) is 0 Å². The van der Waals surface area contributed by atoms with Gasteiger partial charge in [-0.2, -0.15) is 0 Å². The summed E-state index contributed by atoms with van der Waals surface area (Å²) in [4.78, 5) is 3.83. The van der Waals surface area contributed by atoms with Gasteiger partial charge < -0.3 is 4.74 Å². The molecule has 0 unspecified atom stereocenters. The Balaban J connectivity index is 2.25. The Bertz CT molecular complexity index is 506. The Morgan fingerprint density at radius 2 is 1.35 bits per heavy atom. The third-order valence-corrected chi connectivity index (χ3v) is 3.94. The van der Waals surface area contributed by atoms with Crippen molar-refractivity contribution in [3.05, 3.63) is 68.6 Å². The van der Waals surface area contributed by atoms with Crippen LogP contribution in [0.25, 0.3) is 0 Å². The molecule has 2 aromatic rings. The van der Waals surface area contributed by atoms with Crippen molar-refractivity contribution >= 4 is 38.6 Å². The minimum atomic E-state index is -0.0852. The Morgan fingerprint density at radius 3 is 1.75 bits per heavy atom. The van der Waals surface area contributed by atoms with E-state index >= 15 is 0 Å². The van der Waals surface area contributed by atoms with Crippen molar-refractivity contribution < 1.29 is 4.74 Å². The molecule has 0 amide bonds. The monoisotopic (exact) mass is 395 g/mol. The summed E-state index contributed by atoms with van der Waals surface area (Å²) in [5, 5.41) is 0. The molecule has 0 heterocycles. The van der Waals surface area contributed by atoms with E-state index in [1.165, 1.54) is 0 Å². The molecule has 2 nitrogen and oxygen atoms in total. The Labute approximate surface area is 136 Å². The van der Waals surface area contributed by atoms with Crippen LogP contribution in [0.15, 0.2) is 62.5 Å². The number of hydrogen-bond acceptors (Lipinski definition) is 2. The van der Waals surface area contributed by atoms with Gasteiger partial charge in [-0.1, -0.05) is 56.1 Å². The van der Waals surface area contributed by atoms with Crippen LogP contribution < -0.4 is 0 Å². The van der Waals surface area contributed by atoms with Crippen LogP contribution in [0.3, 0.4) is 0 Å². The molecular weight excluding hydrogens is 382 g/mol. The molecule has 2 aromatic carbocycles. The van der Waals surface area contributed by atoms with Crippen LogP contribution >= 0.6 is 31.9 Å². The molecule has 0 saturated heterocycles. The number of nitrogens with zero attached hydrogens (tertiary/aromatic N) is 1. The zero-order chi connectivity index (χ0) is 14.4. The second-order valence-electron chi connectivity index (χ2n) is 4.30. The first-order chi connectivity index (χ1) is 9.70. The normalized spacial score (nSPS) is 10.8. The Kier molecular flexibility index (Phi) is 5.95. The molecule has 0 aliphatic heterocycles. The van der Waals surface area contributed by atoms with Crippen molar-refractivity contribution in [3.8, 4) is 0 Å². The van der Waals surface area contributed by atoms with Crippen molar-refractivity contribution in [1.29, 1.82) is 0 Å². The fourth-order valence-electron chi connectivity index (χ4n) is 1.90. The lowest BCUT2D eigenvalue weighted by Crippen LogP contribution is -2.09. The molecule has 0 N–H and O–H groups in total. The zero-order valence-corrected chi connectivity index (χ0v) is 14.1. The van der Waals surface area contributed by atoms with Gasteiger partial charge in [0, 0.05) is 8.95 Å². The van der Waals surface area contributed by atoms with Crippen molar-refractivity contribution in [3.63, 3.8) is 0 Å². The minimum Gasteiger partial charge on any atom is -0.367 e. The smallest absolute Gasteiger partial charge is 0.108 e. The Hall–Kier alpha value is -0.970. The minimum absolute atomic E-state index is 0.0852.